The molecule has 0 radical (unpaired) electrons. The average molecular weight is 482 g/mol. The van der Waals surface area contributed by atoms with Crippen LogP contribution in [-0.4, -0.2) is 42.4 Å². The molecule has 0 aliphatic rings. The summed E-state index contributed by atoms with van der Waals surface area (Å²) in [4.78, 5) is 25.2. The van der Waals surface area contributed by atoms with Gasteiger partial charge in [0.2, 0.25) is 0 Å². The zero-order chi connectivity index (χ0) is 25.4. The normalized spacial score (nSPS) is 11.8. The number of unbranched alkanes of at least 4 members (excludes halogenated alkanes) is 2. The van der Waals surface area contributed by atoms with Crippen LogP contribution in [0.4, 0.5) is 0 Å². The lowest BCUT2D eigenvalue weighted by Crippen LogP contribution is -2.26. The van der Waals surface area contributed by atoms with Gasteiger partial charge in [0, 0.05) is 16.8 Å². The van der Waals surface area contributed by atoms with Gasteiger partial charge in [-0.05, 0) is 76.6 Å². The van der Waals surface area contributed by atoms with E-state index < -0.39 is 18.0 Å². The molecular formula is C28H35NO6. The van der Waals surface area contributed by atoms with Crippen LogP contribution in [-0.2, 0) is 14.3 Å². The van der Waals surface area contributed by atoms with Crippen LogP contribution >= 0.6 is 0 Å². The van der Waals surface area contributed by atoms with E-state index >= 15 is 0 Å². The van der Waals surface area contributed by atoms with Gasteiger partial charge in [-0.3, -0.25) is 0 Å². The first-order valence-corrected chi connectivity index (χ1v) is 12.3. The minimum atomic E-state index is -0.769. The van der Waals surface area contributed by atoms with E-state index in [0.29, 0.717) is 29.9 Å². The predicted octanol–water partition coefficient (Wildman–Crippen LogP) is 6.02. The second-order valence-electron chi connectivity index (χ2n) is 8.26. The number of carbonyl (C=O) groups excluding carboxylic acids is 2. The average Bonchev–Trinajstić information content (AvgIpc) is 3.13. The number of hydrogen-bond donors (Lipinski definition) is 0. The Morgan fingerprint density at radius 2 is 1.63 bits per heavy atom. The van der Waals surface area contributed by atoms with Crippen LogP contribution in [0.25, 0.3) is 16.6 Å². The highest BCUT2D eigenvalue weighted by Crippen LogP contribution is 2.33. The van der Waals surface area contributed by atoms with Crippen molar-refractivity contribution >= 4 is 22.8 Å². The van der Waals surface area contributed by atoms with Crippen LogP contribution in [0.3, 0.4) is 0 Å². The van der Waals surface area contributed by atoms with Crippen molar-refractivity contribution in [1.82, 2.24) is 4.57 Å². The molecule has 0 N–H and O–H groups in total. The molecule has 0 saturated heterocycles. The number of ether oxygens (including phenoxy) is 4. The summed E-state index contributed by atoms with van der Waals surface area (Å²) >= 11 is 0. The Bertz CT molecular complexity index is 1150. The molecule has 0 fully saturated rings. The van der Waals surface area contributed by atoms with Crippen LogP contribution in [0.5, 0.6) is 11.5 Å². The second kappa shape index (κ2) is 12.3. The fourth-order valence-corrected chi connectivity index (χ4v) is 4.02. The lowest BCUT2D eigenvalue weighted by Gasteiger charge is -2.14. The Hall–Kier alpha value is -3.48. The van der Waals surface area contributed by atoms with Gasteiger partial charge in [0.05, 0.1) is 30.9 Å². The zero-order valence-electron chi connectivity index (χ0n) is 21.3. The van der Waals surface area contributed by atoms with E-state index in [9.17, 15) is 9.59 Å². The maximum atomic E-state index is 12.9. The first kappa shape index (κ1) is 26.1. The largest absolute Gasteiger partial charge is 0.494 e. The molecule has 0 amide bonds. The van der Waals surface area contributed by atoms with Crippen LogP contribution in [0.1, 0.15) is 63.0 Å². The molecule has 1 aromatic heterocycles. The van der Waals surface area contributed by atoms with Crippen molar-refractivity contribution in [3.05, 3.63) is 53.7 Å². The van der Waals surface area contributed by atoms with Crippen molar-refractivity contribution in [2.75, 3.05) is 19.8 Å². The van der Waals surface area contributed by atoms with Crippen LogP contribution in [0, 0.1) is 6.92 Å². The fraction of sp³-hybridized carbons (Fsp3) is 0.429. The van der Waals surface area contributed by atoms with Gasteiger partial charge in [0.25, 0.3) is 0 Å². The van der Waals surface area contributed by atoms with Crippen LogP contribution in [0.15, 0.2) is 42.5 Å². The second-order valence-corrected chi connectivity index (χ2v) is 8.26. The van der Waals surface area contributed by atoms with Gasteiger partial charge >= 0.3 is 11.9 Å². The fourth-order valence-electron chi connectivity index (χ4n) is 4.02. The molecule has 0 aliphatic heterocycles. The lowest BCUT2D eigenvalue weighted by molar-refractivity contribution is -0.151. The molecule has 2 aromatic carbocycles. The Morgan fingerprint density at radius 3 is 2.29 bits per heavy atom. The van der Waals surface area contributed by atoms with E-state index in [1.807, 2.05) is 48.7 Å². The number of rotatable bonds is 12. The Balaban J connectivity index is 1.95. The molecule has 7 heteroatoms. The van der Waals surface area contributed by atoms with Gasteiger partial charge in [0.1, 0.15) is 11.5 Å². The number of fused-ring (bicyclic) bond motifs is 1. The number of benzene rings is 2. The molecule has 1 heterocycles. The summed E-state index contributed by atoms with van der Waals surface area (Å²) in [6.07, 6.45) is 2.14. The third-order valence-electron chi connectivity index (χ3n) is 5.70. The maximum Gasteiger partial charge on any atom is 0.347 e. The summed E-state index contributed by atoms with van der Waals surface area (Å²) in [6, 6.07) is 13.2. The highest BCUT2D eigenvalue weighted by molar-refractivity contribution is 6.07. The highest BCUT2D eigenvalue weighted by atomic mass is 16.6. The van der Waals surface area contributed by atoms with Gasteiger partial charge < -0.3 is 23.5 Å². The summed E-state index contributed by atoms with van der Waals surface area (Å²) in [6.45, 7) is 10.6. The first-order chi connectivity index (χ1) is 16.9. The number of esters is 2. The number of carbonyl (C=O) groups is 2. The van der Waals surface area contributed by atoms with E-state index in [0.717, 1.165) is 41.9 Å². The molecule has 3 rings (SSSR count). The third-order valence-corrected chi connectivity index (χ3v) is 5.70. The van der Waals surface area contributed by atoms with Crippen LogP contribution in [0.2, 0.25) is 0 Å². The van der Waals surface area contributed by atoms with Gasteiger partial charge in [-0.25, -0.2) is 9.59 Å². The summed E-state index contributed by atoms with van der Waals surface area (Å²) in [5, 5.41) is 0.691. The smallest absolute Gasteiger partial charge is 0.347 e. The van der Waals surface area contributed by atoms with Gasteiger partial charge in [-0.15, -0.1) is 0 Å². The standard InChI is InChI=1S/C28H35NO6/c1-6-9-10-17-34-27(30)20(5)35-23-15-16-25-24(18-23)26(28(31)33-8-3)19(4)29(25)21-11-13-22(14-12-21)32-7-2/h11-16,18,20H,6-10,17H2,1-5H3. The number of aromatic nitrogens is 1. The van der Waals surface area contributed by atoms with Crippen LogP contribution < -0.4 is 9.47 Å². The number of hydrogen-bond acceptors (Lipinski definition) is 6. The van der Waals surface area contributed by atoms with Crippen molar-refractivity contribution in [3.8, 4) is 17.2 Å². The topological polar surface area (TPSA) is 76.0 Å². The minimum absolute atomic E-state index is 0.269. The quantitative estimate of drug-likeness (QED) is 0.233. The van der Waals surface area contributed by atoms with E-state index in [2.05, 4.69) is 6.92 Å². The number of nitrogens with zero attached hydrogens (tertiary/aromatic N) is 1. The molecule has 3 aromatic rings. The lowest BCUT2D eigenvalue weighted by atomic mass is 10.1. The van der Waals surface area contributed by atoms with Gasteiger partial charge in [-0.2, -0.15) is 0 Å². The summed E-state index contributed by atoms with van der Waals surface area (Å²) in [5.41, 5.74) is 2.94. The molecule has 188 valence electrons. The zero-order valence-corrected chi connectivity index (χ0v) is 21.3. The van der Waals surface area contributed by atoms with E-state index in [-0.39, 0.29) is 6.61 Å². The molecule has 0 saturated carbocycles. The SMILES string of the molecule is CCCCCOC(=O)C(C)Oc1ccc2c(c1)c(C(=O)OCC)c(C)n2-c1ccc(OCC)cc1. The van der Waals surface area contributed by atoms with E-state index in [1.54, 1.807) is 26.0 Å². The molecule has 0 bridgehead atoms. The maximum absolute atomic E-state index is 12.9. The molecule has 35 heavy (non-hydrogen) atoms. The van der Waals surface area contributed by atoms with Gasteiger partial charge in [0.15, 0.2) is 6.10 Å². The molecular weight excluding hydrogens is 446 g/mol. The van der Waals surface area contributed by atoms with Crippen molar-refractivity contribution in [2.45, 2.75) is 60.0 Å². The third kappa shape index (κ3) is 6.15. The molecule has 1 unspecified atom stereocenters. The first-order valence-electron chi connectivity index (χ1n) is 12.3. The molecule has 0 aliphatic carbocycles. The summed E-state index contributed by atoms with van der Waals surface area (Å²) in [7, 11) is 0. The summed E-state index contributed by atoms with van der Waals surface area (Å²) < 4.78 is 24.1. The van der Waals surface area contributed by atoms with E-state index in [1.165, 1.54) is 0 Å². The highest BCUT2D eigenvalue weighted by Gasteiger charge is 2.23. The summed E-state index contributed by atoms with van der Waals surface area (Å²) in [5.74, 6) is 0.447. The van der Waals surface area contributed by atoms with Crippen molar-refractivity contribution < 1.29 is 28.5 Å². The van der Waals surface area contributed by atoms with Gasteiger partial charge in [-0.1, -0.05) is 19.8 Å². The Labute approximate surface area is 206 Å². The monoisotopic (exact) mass is 481 g/mol. The van der Waals surface area contributed by atoms with Crippen molar-refractivity contribution in [2.24, 2.45) is 0 Å². The van der Waals surface area contributed by atoms with Crippen molar-refractivity contribution in [1.29, 1.82) is 0 Å². The molecule has 0 spiro atoms. The molecule has 1 atom stereocenters. The minimum Gasteiger partial charge on any atom is -0.494 e. The Morgan fingerprint density at radius 1 is 0.914 bits per heavy atom. The van der Waals surface area contributed by atoms with Crippen molar-refractivity contribution in [3.63, 3.8) is 0 Å². The molecule has 7 nitrogen and oxygen atoms in total. The Kier molecular flexibility index (Phi) is 9.18. The van der Waals surface area contributed by atoms with E-state index in [4.69, 9.17) is 18.9 Å². The predicted molar refractivity (Wildman–Crippen MR) is 136 cm³/mol.